The minimum atomic E-state index is -2.18. The van der Waals surface area contributed by atoms with Gasteiger partial charge in [0.1, 0.15) is 29.4 Å². The van der Waals surface area contributed by atoms with Gasteiger partial charge in [0.05, 0.1) is 12.2 Å². The summed E-state index contributed by atoms with van der Waals surface area (Å²) in [5.41, 5.74) is 5.23. The lowest BCUT2D eigenvalue weighted by atomic mass is 10.2. The molecule has 154 valence electrons. The summed E-state index contributed by atoms with van der Waals surface area (Å²) in [6.45, 7) is 3.17. The smallest absolute Gasteiger partial charge is 0.322 e. The van der Waals surface area contributed by atoms with Crippen LogP contribution in [0.1, 0.15) is 20.3 Å². The van der Waals surface area contributed by atoms with Gasteiger partial charge in [0.2, 0.25) is 11.8 Å². The molecule has 0 aromatic rings. The van der Waals surface area contributed by atoms with Gasteiger partial charge in [-0.2, -0.15) is 0 Å². The Hall–Kier alpha value is -2.54. The van der Waals surface area contributed by atoms with E-state index in [-0.39, 0.29) is 13.1 Å². The molecule has 0 aromatic heterocycles. The lowest BCUT2D eigenvalue weighted by Crippen LogP contribution is -2.52. The monoisotopic (exact) mass is 408 g/mol. The van der Waals surface area contributed by atoms with Crippen molar-refractivity contribution >= 4 is 39.8 Å². The molecule has 0 unspecified atom stereocenters. The molecule has 0 bridgehead atoms. The number of aliphatic carboxylic acids is 2. The second-order valence-corrected chi connectivity index (χ2v) is 6.70. The molecule has 0 aliphatic rings. The van der Waals surface area contributed by atoms with Crippen LogP contribution in [-0.4, -0.2) is 85.8 Å². The molecule has 0 heterocycles. The largest absolute Gasteiger partial charge is 0.480 e. The van der Waals surface area contributed by atoms with E-state index < -0.39 is 70.6 Å². The quantitative estimate of drug-likeness (QED) is 0.249. The van der Waals surface area contributed by atoms with Crippen LogP contribution in [0.3, 0.4) is 0 Å². The molecule has 0 fully saturated rings. The van der Waals surface area contributed by atoms with Crippen molar-refractivity contribution in [3.63, 3.8) is 0 Å². The molecule has 0 aromatic carbocycles. The third kappa shape index (κ3) is 9.10. The van der Waals surface area contributed by atoms with E-state index in [4.69, 9.17) is 15.9 Å². The van der Waals surface area contributed by atoms with Gasteiger partial charge in [-0.3, -0.25) is 24.0 Å². The summed E-state index contributed by atoms with van der Waals surface area (Å²) in [6.07, 6.45) is -0.658. The van der Waals surface area contributed by atoms with E-state index in [2.05, 4.69) is 5.32 Å². The van der Waals surface area contributed by atoms with E-state index in [1.165, 1.54) is 4.90 Å². The van der Waals surface area contributed by atoms with Gasteiger partial charge in [-0.25, -0.2) is 4.21 Å². The summed E-state index contributed by atoms with van der Waals surface area (Å²) < 4.78 is 12.2. The summed E-state index contributed by atoms with van der Waals surface area (Å²) in [7, 11) is -2.18. The molecule has 3 amide bonds. The molecule has 12 nitrogen and oxygen atoms in total. The van der Waals surface area contributed by atoms with Crippen LogP contribution in [0.25, 0.3) is 0 Å². The average molecular weight is 408 g/mol. The average Bonchev–Trinajstić information content (AvgIpc) is 2.59. The van der Waals surface area contributed by atoms with E-state index in [1.54, 1.807) is 13.8 Å². The molecule has 0 spiro atoms. The van der Waals surface area contributed by atoms with Gasteiger partial charge in [0.15, 0.2) is 0 Å². The highest BCUT2D eigenvalue weighted by molar-refractivity contribution is 8.00. The van der Waals surface area contributed by atoms with Crippen LogP contribution in [0, 0.1) is 0 Å². The zero-order valence-electron chi connectivity index (χ0n) is 15.0. The van der Waals surface area contributed by atoms with Gasteiger partial charge < -0.3 is 31.5 Å². The van der Waals surface area contributed by atoms with Crippen LogP contribution in [0.15, 0.2) is 0 Å². The number of carbonyl (C=O) groups excluding carboxylic acids is 3. The third-order valence-corrected chi connectivity index (χ3v) is 4.61. The van der Waals surface area contributed by atoms with E-state index in [0.717, 1.165) is 0 Å². The first-order valence-corrected chi connectivity index (χ1v) is 9.29. The van der Waals surface area contributed by atoms with E-state index in [0.29, 0.717) is 0 Å². The number of nitrogens with one attached hydrogen (secondary N) is 2. The molecule has 0 radical (unpaired) electrons. The summed E-state index contributed by atoms with van der Waals surface area (Å²) in [5.74, 6) is -5.28. The zero-order valence-corrected chi connectivity index (χ0v) is 15.8. The minimum Gasteiger partial charge on any atom is -0.480 e. The van der Waals surface area contributed by atoms with Crippen LogP contribution < -0.4 is 16.4 Å². The van der Waals surface area contributed by atoms with Gasteiger partial charge in [-0.15, -0.1) is 0 Å². The van der Waals surface area contributed by atoms with E-state index in [9.17, 15) is 28.2 Å². The first-order chi connectivity index (χ1) is 12.5. The molecule has 3 atom stereocenters. The molecular formula is C14H24N4O8S. The summed E-state index contributed by atoms with van der Waals surface area (Å²) >= 11 is 0. The maximum atomic E-state index is 12.2. The Bertz CT molecular complexity index is 608. The number of carboxylic acids is 2. The standard InChI is InChI=1S/C14H24N4O8S/c1-3-18(4-2)14(25)27(26)7-9(12(22)16-6-11(20)21)17-10(19)5-8(15)13(23)24/h8-9H,3-7,15H2,1-2H3,(H,16,22)(H,17,19)(H,20,21)(H,23,24)/t8-,9-,27+/m0/s1. The lowest BCUT2D eigenvalue weighted by molar-refractivity contribution is -0.141. The fourth-order valence-electron chi connectivity index (χ4n) is 1.86. The summed E-state index contributed by atoms with van der Waals surface area (Å²) in [5, 5.41) is 20.7. The van der Waals surface area contributed by atoms with Gasteiger partial charge in [0, 0.05) is 13.1 Å². The van der Waals surface area contributed by atoms with Crippen LogP contribution in [0.2, 0.25) is 0 Å². The molecular weight excluding hydrogens is 384 g/mol. The van der Waals surface area contributed by atoms with Crippen molar-refractivity contribution in [3.8, 4) is 0 Å². The fraction of sp³-hybridized carbons (Fsp3) is 0.643. The predicted molar refractivity (Wildman–Crippen MR) is 94.1 cm³/mol. The van der Waals surface area contributed by atoms with Crippen LogP contribution in [0.5, 0.6) is 0 Å². The number of nitrogens with zero attached hydrogens (tertiary/aromatic N) is 1. The van der Waals surface area contributed by atoms with Gasteiger partial charge in [-0.05, 0) is 13.8 Å². The van der Waals surface area contributed by atoms with Crippen molar-refractivity contribution in [1.82, 2.24) is 15.5 Å². The Morgan fingerprint density at radius 1 is 1.11 bits per heavy atom. The second kappa shape index (κ2) is 12.0. The van der Waals surface area contributed by atoms with Gasteiger partial charge in [0.25, 0.3) is 0 Å². The summed E-state index contributed by atoms with van der Waals surface area (Å²) in [4.78, 5) is 58.5. The molecule has 0 saturated carbocycles. The predicted octanol–water partition coefficient (Wildman–Crippen LogP) is -2.32. The van der Waals surface area contributed by atoms with Gasteiger partial charge >= 0.3 is 17.2 Å². The fourth-order valence-corrected chi connectivity index (χ4v) is 3.08. The molecule has 0 aliphatic carbocycles. The van der Waals surface area contributed by atoms with Crippen LogP contribution in [0.4, 0.5) is 4.79 Å². The van der Waals surface area contributed by atoms with Crippen molar-refractivity contribution < 1.29 is 38.4 Å². The third-order valence-electron chi connectivity index (χ3n) is 3.32. The normalized spacial score (nSPS) is 13.7. The maximum absolute atomic E-state index is 12.2. The Morgan fingerprint density at radius 3 is 2.11 bits per heavy atom. The zero-order chi connectivity index (χ0) is 21.1. The number of nitrogens with two attached hydrogens (primary N) is 1. The maximum Gasteiger partial charge on any atom is 0.322 e. The topological polar surface area (TPSA) is 196 Å². The molecule has 0 rings (SSSR count). The molecule has 0 aliphatic heterocycles. The Kier molecular flexibility index (Phi) is 10.8. The molecule has 27 heavy (non-hydrogen) atoms. The number of hydrogen-bond donors (Lipinski definition) is 5. The van der Waals surface area contributed by atoms with E-state index in [1.807, 2.05) is 5.32 Å². The van der Waals surface area contributed by atoms with Crippen molar-refractivity contribution in [2.24, 2.45) is 5.73 Å². The number of rotatable bonds is 11. The highest BCUT2D eigenvalue weighted by atomic mass is 32.2. The highest BCUT2D eigenvalue weighted by Crippen LogP contribution is 2.01. The van der Waals surface area contributed by atoms with Crippen molar-refractivity contribution in [2.45, 2.75) is 32.4 Å². The first-order valence-electron chi connectivity index (χ1n) is 7.97. The molecule has 0 saturated heterocycles. The lowest BCUT2D eigenvalue weighted by Gasteiger charge is -2.21. The van der Waals surface area contributed by atoms with Crippen LogP contribution in [-0.2, 0) is 30.0 Å². The van der Waals surface area contributed by atoms with Gasteiger partial charge in [-0.1, -0.05) is 0 Å². The highest BCUT2D eigenvalue weighted by Gasteiger charge is 2.29. The minimum absolute atomic E-state index is 0.288. The Labute approximate surface area is 157 Å². The van der Waals surface area contributed by atoms with Crippen molar-refractivity contribution in [1.29, 1.82) is 0 Å². The number of amides is 3. The van der Waals surface area contributed by atoms with Crippen LogP contribution >= 0.6 is 0 Å². The first kappa shape index (κ1) is 24.5. The summed E-state index contributed by atoms with van der Waals surface area (Å²) in [6, 6.07) is -3.02. The second-order valence-electron chi connectivity index (χ2n) is 5.33. The number of carbonyl (C=O) groups is 5. The number of carboxylic acid groups (broad SMARTS) is 2. The molecule has 13 heteroatoms. The van der Waals surface area contributed by atoms with E-state index >= 15 is 0 Å². The Balaban J connectivity index is 5.17. The Morgan fingerprint density at radius 2 is 1.67 bits per heavy atom. The number of hydrogen-bond acceptors (Lipinski definition) is 7. The molecule has 6 N–H and O–H groups in total. The van der Waals surface area contributed by atoms with Crippen molar-refractivity contribution in [2.75, 3.05) is 25.4 Å². The SMILES string of the molecule is CCN(CC)C(=O)[S@](=O)C[C@H](NC(=O)C[C@H](N)C(=O)O)C(=O)NCC(=O)O. The van der Waals surface area contributed by atoms with Crippen molar-refractivity contribution in [3.05, 3.63) is 0 Å².